The van der Waals surface area contributed by atoms with E-state index in [1.165, 1.54) is 148 Å². The van der Waals surface area contributed by atoms with Crippen molar-refractivity contribution in [3.8, 4) is 0 Å². The van der Waals surface area contributed by atoms with Gasteiger partial charge in [0.1, 0.15) is 6.10 Å². The maximum absolute atomic E-state index is 13.2. The fraction of sp³-hybridized carbons (Fsp3) is 0.763. The van der Waals surface area contributed by atoms with E-state index >= 15 is 0 Å². The summed E-state index contributed by atoms with van der Waals surface area (Å²) in [7, 11) is 0. The van der Waals surface area contributed by atoms with Crippen LogP contribution in [0, 0.1) is 0 Å². The molecule has 0 saturated carbocycles. The fourth-order valence-electron chi connectivity index (χ4n) is 8.29. The van der Waals surface area contributed by atoms with E-state index in [1.54, 1.807) is 0 Å². The summed E-state index contributed by atoms with van der Waals surface area (Å²) in [6, 6.07) is -0.713. The average Bonchev–Trinajstić information content (AvgIpc) is 3.30. The van der Waals surface area contributed by atoms with Gasteiger partial charge in [0.15, 0.2) is 0 Å². The number of hydrogen-bond acceptors (Lipinski definition) is 5. The van der Waals surface area contributed by atoms with Gasteiger partial charge in [0, 0.05) is 6.42 Å². The molecule has 0 fully saturated rings. The molecule has 0 bridgehead atoms. The fourth-order valence-corrected chi connectivity index (χ4v) is 8.29. The number of aliphatic hydroxyl groups excluding tert-OH is 2. The lowest BCUT2D eigenvalue weighted by molar-refractivity contribution is -0.151. The molecule has 6 heteroatoms. The summed E-state index contributed by atoms with van der Waals surface area (Å²) in [5.74, 6) is -0.518. The number of hydrogen-bond donors (Lipinski definition) is 3. The van der Waals surface area contributed by atoms with Gasteiger partial charge in [-0.3, -0.25) is 9.59 Å². The lowest BCUT2D eigenvalue weighted by Crippen LogP contribution is -2.46. The zero-order chi connectivity index (χ0) is 47.4. The molecule has 0 aromatic rings. The smallest absolute Gasteiger partial charge is 0.306 e. The number of esters is 1. The Balaban J connectivity index is 4.66. The van der Waals surface area contributed by atoms with Crippen LogP contribution in [0.25, 0.3) is 0 Å². The van der Waals surface area contributed by atoms with Crippen LogP contribution in [0.4, 0.5) is 0 Å². The van der Waals surface area contributed by atoms with Crippen LogP contribution in [-0.2, 0) is 14.3 Å². The van der Waals surface area contributed by atoms with Gasteiger partial charge in [0.05, 0.1) is 25.2 Å². The zero-order valence-electron chi connectivity index (χ0n) is 42.9. The average molecular weight is 908 g/mol. The molecule has 0 aliphatic carbocycles. The molecular weight excluding hydrogens is 803 g/mol. The normalized spacial score (nSPS) is 13.7. The highest BCUT2D eigenvalue weighted by Crippen LogP contribution is 2.18. The van der Waals surface area contributed by atoms with Crippen molar-refractivity contribution < 1.29 is 24.5 Å². The van der Waals surface area contributed by atoms with Gasteiger partial charge in [-0.1, -0.05) is 280 Å². The standard InChI is InChI=1S/C59H105NO5/c1-4-7-10-13-16-19-22-25-27-29-31-34-37-40-43-46-49-52-59(64)65-55(50-47-44-41-38-35-33-30-28-26-23-20-17-14-11-8-5-2)53-58(63)60-56(54-61)57(62)51-48-45-42-39-36-32-24-21-18-15-12-9-6-3/h7,10,13,16,19,22,25,27,29,31,34,37,55-57,61-62H,4-6,8-9,11-12,14-15,17-18,20-21,23-24,26,28,30,32-33,35-36,38-54H2,1-3H3,(H,60,63)/b10-7-,16-13+,22-19+,27-25-,31-29+,37-34+. The molecule has 376 valence electrons. The Hall–Kier alpha value is -2.70. The maximum Gasteiger partial charge on any atom is 0.306 e. The molecule has 0 radical (unpaired) electrons. The first-order valence-electron chi connectivity index (χ1n) is 27.7. The third kappa shape index (κ3) is 47.6. The minimum Gasteiger partial charge on any atom is -0.462 e. The first kappa shape index (κ1) is 62.3. The van der Waals surface area contributed by atoms with E-state index in [-0.39, 0.29) is 24.9 Å². The van der Waals surface area contributed by atoms with Crippen LogP contribution in [-0.4, -0.2) is 46.9 Å². The number of allylic oxidation sites excluding steroid dienone is 12. The first-order valence-corrected chi connectivity index (χ1v) is 27.7. The Labute approximate surface area is 402 Å². The molecule has 0 spiro atoms. The summed E-state index contributed by atoms with van der Waals surface area (Å²) in [6.07, 6.45) is 66.7. The van der Waals surface area contributed by atoms with E-state index in [0.717, 1.165) is 70.6 Å². The van der Waals surface area contributed by atoms with Crippen molar-refractivity contribution in [3.05, 3.63) is 72.9 Å². The predicted molar refractivity (Wildman–Crippen MR) is 282 cm³/mol. The van der Waals surface area contributed by atoms with Gasteiger partial charge >= 0.3 is 5.97 Å². The molecule has 1 amide bonds. The summed E-state index contributed by atoms with van der Waals surface area (Å²) in [6.45, 7) is 6.35. The van der Waals surface area contributed by atoms with Crippen molar-refractivity contribution in [1.82, 2.24) is 5.32 Å². The lowest BCUT2D eigenvalue weighted by Gasteiger charge is -2.24. The second kappa shape index (κ2) is 52.3. The second-order valence-corrected chi connectivity index (χ2v) is 18.8. The van der Waals surface area contributed by atoms with Crippen molar-refractivity contribution in [2.45, 2.75) is 283 Å². The Bertz CT molecular complexity index is 1200. The van der Waals surface area contributed by atoms with E-state index in [1.807, 2.05) is 48.6 Å². The topological polar surface area (TPSA) is 95.9 Å². The Kier molecular flexibility index (Phi) is 50.1. The molecule has 0 saturated heterocycles. The van der Waals surface area contributed by atoms with E-state index in [0.29, 0.717) is 19.3 Å². The molecule has 3 unspecified atom stereocenters. The van der Waals surface area contributed by atoms with Gasteiger partial charge in [-0.05, 0) is 44.9 Å². The third-order valence-corrected chi connectivity index (χ3v) is 12.5. The number of amides is 1. The number of carbonyl (C=O) groups is 2. The lowest BCUT2D eigenvalue weighted by atomic mass is 10.0. The van der Waals surface area contributed by atoms with Crippen LogP contribution in [0.15, 0.2) is 72.9 Å². The summed E-state index contributed by atoms with van der Waals surface area (Å²) >= 11 is 0. The summed E-state index contributed by atoms with van der Waals surface area (Å²) < 4.78 is 5.94. The minimum absolute atomic E-state index is 0.0594. The van der Waals surface area contributed by atoms with Crippen molar-refractivity contribution in [2.75, 3.05) is 6.61 Å². The molecule has 0 aliphatic heterocycles. The maximum atomic E-state index is 13.2. The van der Waals surface area contributed by atoms with Crippen LogP contribution >= 0.6 is 0 Å². The van der Waals surface area contributed by atoms with Crippen LogP contribution in [0.2, 0.25) is 0 Å². The number of nitrogens with one attached hydrogen (secondary N) is 1. The van der Waals surface area contributed by atoms with E-state index in [2.05, 4.69) is 50.4 Å². The summed E-state index contributed by atoms with van der Waals surface area (Å²) in [4.78, 5) is 26.2. The molecule has 65 heavy (non-hydrogen) atoms. The Morgan fingerprint density at radius 3 is 1.25 bits per heavy atom. The monoisotopic (exact) mass is 908 g/mol. The van der Waals surface area contributed by atoms with E-state index in [4.69, 9.17) is 4.74 Å². The molecule has 6 nitrogen and oxygen atoms in total. The van der Waals surface area contributed by atoms with E-state index < -0.39 is 18.2 Å². The number of ether oxygens (including phenoxy) is 1. The highest BCUT2D eigenvalue weighted by Gasteiger charge is 2.24. The highest BCUT2D eigenvalue weighted by atomic mass is 16.5. The third-order valence-electron chi connectivity index (χ3n) is 12.5. The van der Waals surface area contributed by atoms with Crippen LogP contribution < -0.4 is 5.32 Å². The molecule has 3 atom stereocenters. The van der Waals surface area contributed by atoms with Crippen molar-refractivity contribution in [3.63, 3.8) is 0 Å². The number of aliphatic hydroxyl groups is 2. The Morgan fingerprint density at radius 2 is 0.831 bits per heavy atom. The number of unbranched alkanes of at least 4 members (excludes halogenated alkanes) is 30. The van der Waals surface area contributed by atoms with Crippen molar-refractivity contribution in [1.29, 1.82) is 0 Å². The second-order valence-electron chi connectivity index (χ2n) is 18.8. The van der Waals surface area contributed by atoms with Crippen LogP contribution in [0.3, 0.4) is 0 Å². The van der Waals surface area contributed by atoms with Gasteiger partial charge in [-0.25, -0.2) is 0 Å². The van der Waals surface area contributed by atoms with E-state index in [9.17, 15) is 19.8 Å². The molecule has 3 N–H and O–H groups in total. The minimum atomic E-state index is -0.797. The van der Waals surface area contributed by atoms with Crippen molar-refractivity contribution >= 4 is 11.9 Å². The molecule has 0 heterocycles. The van der Waals surface area contributed by atoms with Crippen molar-refractivity contribution in [2.24, 2.45) is 0 Å². The quantitative estimate of drug-likeness (QED) is 0.0321. The molecule has 0 aromatic carbocycles. The van der Waals surface area contributed by atoms with Gasteiger partial charge in [0.25, 0.3) is 0 Å². The molecule has 0 aromatic heterocycles. The zero-order valence-corrected chi connectivity index (χ0v) is 42.9. The number of rotatable bonds is 49. The Morgan fingerprint density at radius 1 is 0.462 bits per heavy atom. The highest BCUT2D eigenvalue weighted by molar-refractivity contribution is 5.77. The van der Waals surface area contributed by atoms with Gasteiger partial charge in [-0.15, -0.1) is 0 Å². The van der Waals surface area contributed by atoms with Gasteiger partial charge < -0.3 is 20.3 Å². The predicted octanol–water partition coefficient (Wildman–Crippen LogP) is 17.0. The summed E-state index contributed by atoms with van der Waals surface area (Å²) in [5, 5.41) is 23.8. The summed E-state index contributed by atoms with van der Waals surface area (Å²) in [5.41, 5.74) is 0. The van der Waals surface area contributed by atoms with Crippen LogP contribution in [0.5, 0.6) is 0 Å². The molecular formula is C59H105NO5. The SMILES string of the molecule is CC\C=C/C=C/C=C/C=C\C=C\C=C\CCCCCC(=O)OC(CCCCCCCCCCCCCCCCCC)CC(=O)NC(CO)C(O)CCCCCCCCCCCCCCC. The molecule has 0 rings (SSSR count). The number of carbonyl (C=O) groups excluding carboxylic acids is 2. The molecule has 0 aliphatic rings. The van der Waals surface area contributed by atoms with Gasteiger partial charge in [0.2, 0.25) is 5.91 Å². The first-order chi connectivity index (χ1) is 32.0. The van der Waals surface area contributed by atoms with Gasteiger partial charge in [-0.2, -0.15) is 0 Å². The largest absolute Gasteiger partial charge is 0.462 e. The van der Waals surface area contributed by atoms with Crippen LogP contribution in [0.1, 0.15) is 265 Å².